The second-order valence-corrected chi connectivity index (χ2v) is 8.75. The smallest absolute Gasteiger partial charge is 0.488 e. The van der Waals surface area contributed by atoms with Crippen molar-refractivity contribution >= 4 is 29.0 Å². The number of carboxylic acid groups (broad SMARTS) is 1. The maximum Gasteiger partial charge on any atom is 0.490 e. The van der Waals surface area contributed by atoms with Gasteiger partial charge >= 0.3 is 17.8 Å². The molecule has 15 heteroatoms. The molecule has 0 bridgehead atoms. The Morgan fingerprint density at radius 3 is 2.66 bits per heavy atom. The molecule has 38 heavy (non-hydrogen) atoms. The highest BCUT2D eigenvalue weighted by molar-refractivity contribution is 5.95. The van der Waals surface area contributed by atoms with Gasteiger partial charge in [-0.3, -0.25) is 9.20 Å². The Morgan fingerprint density at radius 2 is 1.97 bits per heavy atom. The molecular weight excluding hydrogens is 511 g/mol. The molecule has 5 rings (SSSR count). The lowest BCUT2D eigenvalue weighted by atomic mass is 10.0. The summed E-state index contributed by atoms with van der Waals surface area (Å²) in [6.45, 7) is 2.53. The van der Waals surface area contributed by atoms with Gasteiger partial charge in [0.2, 0.25) is 0 Å². The van der Waals surface area contributed by atoms with Crippen molar-refractivity contribution in [1.82, 2.24) is 29.4 Å². The number of likely N-dealkylation sites (N-methyl/N-ethyl adjacent to an activating group) is 1. The number of anilines is 2. The number of carbonyl (C=O) groups is 2. The Bertz CT molecular complexity index is 1400. The van der Waals surface area contributed by atoms with Crippen LogP contribution in [0.3, 0.4) is 0 Å². The van der Waals surface area contributed by atoms with E-state index < -0.39 is 12.1 Å². The number of fused-ring (bicyclic) bond motifs is 2. The molecule has 1 atom stereocenters. The van der Waals surface area contributed by atoms with Crippen LogP contribution in [-0.4, -0.2) is 86.6 Å². The number of nitrogens with zero attached hydrogens (tertiary/aromatic N) is 6. The van der Waals surface area contributed by atoms with Crippen LogP contribution >= 0.6 is 0 Å². The van der Waals surface area contributed by atoms with Gasteiger partial charge in [0.05, 0.1) is 12.1 Å². The van der Waals surface area contributed by atoms with Gasteiger partial charge in [-0.05, 0) is 32.0 Å². The SMILES string of the molecule is CNC1CCCN(C(=O)c2cnc3c(c2)OCCN3c2ccn3c(=O)n(C)nc3c2)C1.O=C(O)C(F)(F)F. The highest BCUT2D eigenvalue weighted by atomic mass is 19.4. The molecule has 2 aliphatic heterocycles. The number of rotatable bonds is 3. The van der Waals surface area contributed by atoms with E-state index in [2.05, 4.69) is 15.4 Å². The van der Waals surface area contributed by atoms with E-state index in [1.807, 2.05) is 29.0 Å². The predicted octanol–water partition coefficient (Wildman–Crippen LogP) is 1.42. The average Bonchev–Trinajstić information content (AvgIpc) is 3.19. The molecule has 1 unspecified atom stereocenters. The maximum atomic E-state index is 13.0. The van der Waals surface area contributed by atoms with Gasteiger partial charge in [0.15, 0.2) is 17.2 Å². The first-order chi connectivity index (χ1) is 18.0. The zero-order chi connectivity index (χ0) is 27.6. The van der Waals surface area contributed by atoms with Gasteiger partial charge in [0.25, 0.3) is 5.91 Å². The monoisotopic (exact) mass is 537 g/mol. The van der Waals surface area contributed by atoms with Gasteiger partial charge in [-0.15, -0.1) is 0 Å². The lowest BCUT2D eigenvalue weighted by Crippen LogP contribution is -2.47. The molecule has 12 nitrogen and oxygen atoms in total. The number of likely N-dealkylation sites (tertiary alicyclic amines) is 1. The number of halogens is 3. The molecular formula is C23H26F3N7O5. The highest BCUT2D eigenvalue weighted by Gasteiger charge is 2.38. The molecule has 0 radical (unpaired) electrons. The van der Waals surface area contributed by atoms with Crippen molar-refractivity contribution in [3.8, 4) is 5.75 Å². The zero-order valence-electron chi connectivity index (χ0n) is 20.6. The summed E-state index contributed by atoms with van der Waals surface area (Å²) in [6, 6.07) is 5.81. The summed E-state index contributed by atoms with van der Waals surface area (Å²) in [5.41, 5.74) is 1.77. The van der Waals surface area contributed by atoms with Crippen molar-refractivity contribution in [1.29, 1.82) is 0 Å². The summed E-state index contributed by atoms with van der Waals surface area (Å²) in [4.78, 5) is 42.5. The molecule has 1 fully saturated rings. The van der Waals surface area contributed by atoms with Gasteiger partial charge in [0.1, 0.15) is 6.61 Å². The second kappa shape index (κ2) is 10.7. The molecule has 0 aromatic carbocycles. The lowest BCUT2D eigenvalue weighted by molar-refractivity contribution is -0.192. The average molecular weight is 537 g/mol. The number of hydrogen-bond acceptors (Lipinski definition) is 8. The van der Waals surface area contributed by atoms with Crippen LogP contribution in [0.25, 0.3) is 5.65 Å². The molecule has 3 aromatic rings. The standard InChI is InChI=1S/C21H25N7O3.C2HF3O2/c1-22-15-4-3-6-26(13-15)20(29)14-10-17-19(23-12-14)27(8-9-31-17)16-5-7-28-18(11-16)24-25(2)21(28)30;3-2(4,5)1(6)7/h5,7,10-12,15,22H,3-4,6,8-9,13H2,1-2H3;(H,6,7). The number of hydrogen-bond donors (Lipinski definition) is 2. The van der Waals surface area contributed by atoms with E-state index in [-0.39, 0.29) is 11.6 Å². The first kappa shape index (κ1) is 26.9. The lowest BCUT2D eigenvalue weighted by Gasteiger charge is -2.33. The summed E-state index contributed by atoms with van der Waals surface area (Å²) in [6.07, 6.45) is 0.309. The number of nitrogens with one attached hydrogen (secondary N) is 1. The summed E-state index contributed by atoms with van der Waals surface area (Å²) >= 11 is 0. The van der Waals surface area contributed by atoms with Crippen molar-refractivity contribution in [2.75, 3.05) is 38.2 Å². The number of amides is 1. The van der Waals surface area contributed by atoms with Crippen molar-refractivity contribution in [2.24, 2.45) is 7.05 Å². The van der Waals surface area contributed by atoms with E-state index in [1.165, 1.54) is 9.08 Å². The van der Waals surface area contributed by atoms with Crippen molar-refractivity contribution in [3.05, 3.63) is 46.6 Å². The Balaban J connectivity index is 0.000000426. The number of pyridine rings is 2. The summed E-state index contributed by atoms with van der Waals surface area (Å²) in [7, 11) is 3.56. The van der Waals surface area contributed by atoms with Crippen LogP contribution < -0.4 is 20.6 Å². The number of carbonyl (C=O) groups excluding carboxylic acids is 1. The number of aromatic nitrogens is 4. The van der Waals surface area contributed by atoms with E-state index in [0.717, 1.165) is 25.1 Å². The quantitative estimate of drug-likeness (QED) is 0.509. The Labute approximate surface area is 214 Å². The van der Waals surface area contributed by atoms with Crippen LogP contribution in [0.4, 0.5) is 24.7 Å². The second-order valence-electron chi connectivity index (χ2n) is 8.75. The maximum absolute atomic E-state index is 13.0. The van der Waals surface area contributed by atoms with E-state index in [4.69, 9.17) is 14.6 Å². The number of aryl methyl sites for hydroxylation is 1. The molecule has 3 aromatic heterocycles. The molecule has 2 N–H and O–H groups in total. The third kappa shape index (κ3) is 5.56. The highest BCUT2D eigenvalue weighted by Crippen LogP contribution is 2.35. The summed E-state index contributed by atoms with van der Waals surface area (Å²) < 4.78 is 40.4. The van der Waals surface area contributed by atoms with E-state index in [0.29, 0.717) is 48.5 Å². The minimum atomic E-state index is -5.08. The number of alkyl halides is 3. The van der Waals surface area contributed by atoms with Gasteiger partial charge in [-0.2, -0.15) is 18.3 Å². The third-order valence-electron chi connectivity index (χ3n) is 6.23. The van der Waals surface area contributed by atoms with Crippen molar-refractivity contribution in [3.63, 3.8) is 0 Å². The Hall–Kier alpha value is -4.14. The van der Waals surface area contributed by atoms with E-state index in [1.54, 1.807) is 25.5 Å². The molecule has 5 heterocycles. The zero-order valence-corrected chi connectivity index (χ0v) is 20.6. The molecule has 204 valence electrons. The van der Waals surface area contributed by atoms with E-state index in [9.17, 15) is 22.8 Å². The summed E-state index contributed by atoms with van der Waals surface area (Å²) in [5.74, 6) is -1.55. The molecule has 0 spiro atoms. The Kier molecular flexibility index (Phi) is 7.57. The van der Waals surface area contributed by atoms with Gasteiger partial charge < -0.3 is 25.0 Å². The van der Waals surface area contributed by atoms with E-state index >= 15 is 0 Å². The van der Waals surface area contributed by atoms with Crippen LogP contribution in [0.15, 0.2) is 35.4 Å². The number of carboxylic acids is 1. The minimum Gasteiger partial charge on any atom is -0.488 e. The van der Waals surface area contributed by atoms with Crippen molar-refractivity contribution < 1.29 is 32.6 Å². The fraction of sp³-hybridized carbons (Fsp3) is 0.435. The fourth-order valence-electron chi connectivity index (χ4n) is 4.28. The topological polar surface area (TPSA) is 134 Å². The molecule has 0 aliphatic carbocycles. The van der Waals surface area contributed by atoms with Crippen LogP contribution in [0.1, 0.15) is 23.2 Å². The number of piperidine rings is 1. The van der Waals surface area contributed by atoms with Crippen LogP contribution in [0, 0.1) is 0 Å². The summed E-state index contributed by atoms with van der Waals surface area (Å²) in [5, 5.41) is 14.6. The normalized spacial score (nSPS) is 17.3. The minimum absolute atomic E-state index is 0.0229. The predicted molar refractivity (Wildman–Crippen MR) is 129 cm³/mol. The molecule has 2 aliphatic rings. The molecule has 1 saturated heterocycles. The fourth-order valence-corrected chi connectivity index (χ4v) is 4.28. The molecule has 1 amide bonds. The molecule has 0 saturated carbocycles. The van der Waals surface area contributed by atoms with Crippen LogP contribution in [0.2, 0.25) is 0 Å². The van der Waals surface area contributed by atoms with Gasteiger partial charge in [-0.25, -0.2) is 19.3 Å². The number of aliphatic carboxylic acids is 1. The third-order valence-corrected chi connectivity index (χ3v) is 6.23. The van der Waals surface area contributed by atoms with Crippen LogP contribution in [0.5, 0.6) is 5.75 Å². The number of ether oxygens (including phenoxy) is 1. The Morgan fingerprint density at radius 1 is 1.24 bits per heavy atom. The largest absolute Gasteiger partial charge is 0.490 e. The van der Waals surface area contributed by atoms with Crippen molar-refractivity contribution in [2.45, 2.75) is 25.1 Å². The first-order valence-corrected chi connectivity index (χ1v) is 11.7. The first-order valence-electron chi connectivity index (χ1n) is 11.7. The van der Waals surface area contributed by atoms with Crippen LogP contribution in [-0.2, 0) is 11.8 Å². The van der Waals surface area contributed by atoms with Gasteiger partial charge in [0, 0.05) is 50.3 Å². The van der Waals surface area contributed by atoms with Gasteiger partial charge in [-0.1, -0.05) is 0 Å².